The van der Waals surface area contributed by atoms with E-state index < -0.39 is 0 Å². The maximum atomic E-state index is 3.75. The third-order valence-corrected chi connectivity index (χ3v) is 3.34. The average Bonchev–Trinajstić information content (AvgIpc) is 2.33. The Morgan fingerprint density at radius 3 is 1.94 bits per heavy atom. The van der Waals surface area contributed by atoms with Crippen LogP contribution in [0.4, 0.5) is 0 Å². The molecule has 0 bridgehead atoms. The molecular formula is C16H33N. The number of nitrogens with zero attached hydrogens (tertiary/aromatic N) is 1. The molecule has 0 aromatic heterocycles. The number of allylic oxidation sites excluding steroid dienone is 1. The number of rotatable bonds is 13. The fraction of sp³-hybridized carbons (Fsp3) is 0.875. The topological polar surface area (TPSA) is 3.24 Å². The van der Waals surface area contributed by atoms with Crippen molar-refractivity contribution in [2.75, 3.05) is 20.1 Å². The first-order valence-electron chi connectivity index (χ1n) is 7.60. The summed E-state index contributed by atoms with van der Waals surface area (Å²) in [6.07, 6.45) is 15.7. The van der Waals surface area contributed by atoms with Gasteiger partial charge in [0.05, 0.1) is 0 Å². The first-order chi connectivity index (χ1) is 8.31. The van der Waals surface area contributed by atoms with Crippen molar-refractivity contribution in [2.45, 2.75) is 71.1 Å². The lowest BCUT2D eigenvalue weighted by atomic mass is 10.1. The van der Waals surface area contributed by atoms with Crippen LogP contribution in [0.3, 0.4) is 0 Å². The molecule has 0 radical (unpaired) electrons. The highest BCUT2D eigenvalue weighted by Gasteiger charge is 1.98. The molecule has 0 aliphatic rings. The molecule has 1 nitrogen and oxygen atoms in total. The van der Waals surface area contributed by atoms with Crippen LogP contribution in [-0.4, -0.2) is 25.0 Å². The van der Waals surface area contributed by atoms with Crippen LogP contribution >= 0.6 is 0 Å². The Morgan fingerprint density at radius 2 is 1.35 bits per heavy atom. The smallest absolute Gasteiger partial charge is 0.00218 e. The van der Waals surface area contributed by atoms with Gasteiger partial charge in [-0.2, -0.15) is 0 Å². The summed E-state index contributed by atoms with van der Waals surface area (Å²) in [5.41, 5.74) is 0. The normalized spacial score (nSPS) is 11.0. The molecule has 0 fully saturated rings. The Labute approximate surface area is 109 Å². The van der Waals surface area contributed by atoms with E-state index in [0.717, 1.165) is 0 Å². The molecule has 0 atom stereocenters. The summed E-state index contributed by atoms with van der Waals surface area (Å²) >= 11 is 0. The minimum Gasteiger partial charge on any atom is -0.306 e. The van der Waals surface area contributed by atoms with Crippen molar-refractivity contribution in [3.63, 3.8) is 0 Å². The molecule has 0 aliphatic heterocycles. The SMILES string of the molecule is C=CCCCCCN(C)CCCCCCCC. The predicted octanol–water partition coefficient (Wildman–Crippen LogP) is 5.03. The fourth-order valence-corrected chi connectivity index (χ4v) is 2.12. The van der Waals surface area contributed by atoms with E-state index in [0.29, 0.717) is 0 Å². The van der Waals surface area contributed by atoms with Gasteiger partial charge in [0.1, 0.15) is 0 Å². The first kappa shape index (κ1) is 16.7. The monoisotopic (exact) mass is 239 g/mol. The number of hydrogen-bond acceptors (Lipinski definition) is 1. The van der Waals surface area contributed by atoms with Gasteiger partial charge < -0.3 is 4.90 Å². The fourth-order valence-electron chi connectivity index (χ4n) is 2.12. The summed E-state index contributed by atoms with van der Waals surface area (Å²) < 4.78 is 0. The molecule has 17 heavy (non-hydrogen) atoms. The third-order valence-electron chi connectivity index (χ3n) is 3.34. The number of unbranched alkanes of at least 4 members (excludes halogenated alkanes) is 8. The van der Waals surface area contributed by atoms with Gasteiger partial charge in [0, 0.05) is 0 Å². The van der Waals surface area contributed by atoms with E-state index in [-0.39, 0.29) is 0 Å². The molecule has 0 amide bonds. The summed E-state index contributed by atoms with van der Waals surface area (Å²) in [6, 6.07) is 0. The second kappa shape index (κ2) is 13.8. The highest BCUT2D eigenvalue weighted by molar-refractivity contribution is 4.65. The van der Waals surface area contributed by atoms with E-state index in [4.69, 9.17) is 0 Å². The zero-order chi connectivity index (χ0) is 12.8. The highest BCUT2D eigenvalue weighted by atomic mass is 15.1. The molecule has 0 saturated carbocycles. The predicted molar refractivity (Wildman–Crippen MR) is 79.5 cm³/mol. The van der Waals surface area contributed by atoms with Crippen molar-refractivity contribution in [1.29, 1.82) is 0 Å². The molecule has 0 N–H and O–H groups in total. The minimum absolute atomic E-state index is 1.18. The van der Waals surface area contributed by atoms with Gasteiger partial charge in [-0.15, -0.1) is 6.58 Å². The van der Waals surface area contributed by atoms with Crippen molar-refractivity contribution in [2.24, 2.45) is 0 Å². The molecule has 0 aromatic rings. The minimum atomic E-state index is 1.18. The van der Waals surface area contributed by atoms with Crippen molar-refractivity contribution in [1.82, 2.24) is 4.90 Å². The van der Waals surface area contributed by atoms with Crippen LogP contribution in [0.1, 0.15) is 71.1 Å². The van der Waals surface area contributed by atoms with Gasteiger partial charge in [-0.1, -0.05) is 51.5 Å². The number of hydrogen-bond donors (Lipinski definition) is 0. The van der Waals surface area contributed by atoms with E-state index in [9.17, 15) is 0 Å². The lowest BCUT2D eigenvalue weighted by Crippen LogP contribution is -2.20. The Morgan fingerprint density at radius 1 is 0.824 bits per heavy atom. The second-order valence-electron chi connectivity index (χ2n) is 5.21. The molecule has 0 unspecified atom stereocenters. The van der Waals surface area contributed by atoms with Crippen LogP contribution in [0, 0.1) is 0 Å². The van der Waals surface area contributed by atoms with Crippen LogP contribution in [0.15, 0.2) is 12.7 Å². The lowest BCUT2D eigenvalue weighted by Gasteiger charge is -2.16. The van der Waals surface area contributed by atoms with Crippen molar-refractivity contribution in [3.8, 4) is 0 Å². The van der Waals surface area contributed by atoms with E-state index in [2.05, 4.69) is 25.5 Å². The Bertz CT molecular complexity index is 154. The summed E-state index contributed by atoms with van der Waals surface area (Å²) in [5.74, 6) is 0. The zero-order valence-electron chi connectivity index (χ0n) is 12.2. The Kier molecular flexibility index (Phi) is 13.5. The molecule has 1 heteroatoms. The molecule has 0 aromatic carbocycles. The molecular weight excluding hydrogens is 206 g/mol. The van der Waals surface area contributed by atoms with E-state index in [1.54, 1.807) is 0 Å². The van der Waals surface area contributed by atoms with Gasteiger partial charge in [0.2, 0.25) is 0 Å². The van der Waals surface area contributed by atoms with Gasteiger partial charge in [-0.25, -0.2) is 0 Å². The van der Waals surface area contributed by atoms with Crippen LogP contribution in [0.2, 0.25) is 0 Å². The van der Waals surface area contributed by atoms with Gasteiger partial charge in [-0.3, -0.25) is 0 Å². The third kappa shape index (κ3) is 13.6. The van der Waals surface area contributed by atoms with E-state index in [1.165, 1.54) is 77.3 Å². The van der Waals surface area contributed by atoms with Crippen LogP contribution in [0.5, 0.6) is 0 Å². The largest absolute Gasteiger partial charge is 0.306 e. The first-order valence-corrected chi connectivity index (χ1v) is 7.60. The van der Waals surface area contributed by atoms with Crippen molar-refractivity contribution >= 4 is 0 Å². The summed E-state index contributed by atoms with van der Waals surface area (Å²) in [4.78, 5) is 2.49. The standard InChI is InChI=1S/C16H33N/c1-4-6-8-10-12-14-16-17(3)15-13-11-9-7-5-2/h5H,2,4,6-16H2,1,3H3. The molecule has 102 valence electrons. The van der Waals surface area contributed by atoms with Gasteiger partial charge in [0.25, 0.3) is 0 Å². The second-order valence-corrected chi connectivity index (χ2v) is 5.21. The summed E-state index contributed by atoms with van der Waals surface area (Å²) in [6.45, 7) is 8.59. The van der Waals surface area contributed by atoms with E-state index in [1.807, 2.05) is 6.08 Å². The maximum Gasteiger partial charge on any atom is -0.00218 e. The molecule has 0 rings (SSSR count). The molecule has 0 spiro atoms. The average molecular weight is 239 g/mol. The molecule has 0 saturated heterocycles. The lowest BCUT2D eigenvalue weighted by molar-refractivity contribution is 0.315. The summed E-state index contributed by atoms with van der Waals surface area (Å²) in [7, 11) is 2.26. The molecule has 0 heterocycles. The maximum absolute atomic E-state index is 3.75. The summed E-state index contributed by atoms with van der Waals surface area (Å²) in [5, 5.41) is 0. The Hall–Kier alpha value is -0.300. The van der Waals surface area contributed by atoms with Crippen LogP contribution in [0.25, 0.3) is 0 Å². The van der Waals surface area contributed by atoms with Crippen molar-refractivity contribution in [3.05, 3.63) is 12.7 Å². The van der Waals surface area contributed by atoms with Gasteiger partial charge >= 0.3 is 0 Å². The highest BCUT2D eigenvalue weighted by Crippen LogP contribution is 2.06. The molecule has 0 aliphatic carbocycles. The quantitative estimate of drug-likeness (QED) is 0.322. The van der Waals surface area contributed by atoms with Crippen LogP contribution in [-0.2, 0) is 0 Å². The van der Waals surface area contributed by atoms with E-state index >= 15 is 0 Å². The van der Waals surface area contributed by atoms with Gasteiger partial charge in [0.15, 0.2) is 0 Å². The zero-order valence-corrected chi connectivity index (χ0v) is 12.2. The Balaban J connectivity index is 3.11. The van der Waals surface area contributed by atoms with Crippen molar-refractivity contribution < 1.29 is 0 Å². The van der Waals surface area contributed by atoms with Gasteiger partial charge in [-0.05, 0) is 45.8 Å². The van der Waals surface area contributed by atoms with Crippen LogP contribution < -0.4 is 0 Å².